The fourth-order valence-corrected chi connectivity index (χ4v) is 25.0. The Kier molecular flexibility index (Phi) is 35.5. The molecule has 8 aromatic heterocycles. The smallest absolute Gasteiger partial charge is 0.0893 e. The second-order valence-electron chi connectivity index (χ2n) is 43.1. The lowest BCUT2D eigenvalue weighted by Gasteiger charge is -2.60. The Morgan fingerprint density at radius 3 is 0.542 bits per heavy atom. The largest absolute Gasteiger partial charge is 0.379 e. The van der Waals surface area contributed by atoms with E-state index in [1.54, 1.807) is 0 Å². The fraction of sp³-hybridized carbons (Fsp3) is 0.567. The quantitative estimate of drug-likeness (QED) is 0.137. The van der Waals surface area contributed by atoms with Crippen molar-refractivity contribution in [3.05, 3.63) is 215 Å². The van der Waals surface area contributed by atoms with Crippen LogP contribution in [-0.2, 0) is 75.8 Å². The number of ether oxygens (including phenoxy) is 16. The van der Waals surface area contributed by atoms with E-state index < -0.39 is 0 Å². The molecule has 10 aromatic rings. The summed E-state index contributed by atoms with van der Waals surface area (Å²) in [6.07, 6.45) is 12.0. The SMILES string of the molecule is CC1(C)[C@@H]2C[C@H]1c1ccc3nc1C2CCOCCOCCOCCOCCCCOCCOCCOCCOCC[C@@H]1c2nc(ccc2[C@@H]2C[C@H]1C2(C)C)-c1cccc(n1)-c1cccc(c1)-c1cccc(n1)-c1ccc2c(n1)[C@@H](CCOCCOCCOCCOCCCCOCCOCCOCCOCCC1c4nc(ccc4[C@@H]4C[C@H]1C4(C)C)-c1cccc(n1)-c1cccc(c1)-c1cccc-3n1)[C@H]1C[C@@H]2C1(C)C. The molecule has 4 saturated carbocycles. The Balaban J connectivity index is 0.420. The number of benzene rings is 2. The predicted octanol–water partition coefficient (Wildman–Crippen LogP) is 22.2. The predicted molar refractivity (Wildman–Crippen MR) is 558 cm³/mol. The molecular formula is C120H152N8O16. The highest BCUT2D eigenvalue weighted by atomic mass is 16.6. The Bertz CT molecular complexity index is 5150. The van der Waals surface area contributed by atoms with Gasteiger partial charge < -0.3 is 75.8 Å². The van der Waals surface area contributed by atoms with Gasteiger partial charge in [-0.3, -0.25) is 19.9 Å². The maximum absolute atomic E-state index is 6.26. The Morgan fingerprint density at radius 2 is 0.347 bits per heavy atom. The average Bonchev–Trinajstić information content (AvgIpc) is 0.713. The molecule has 13 aliphatic rings. The summed E-state index contributed by atoms with van der Waals surface area (Å²) < 4.78 is 95.4. The molecule has 1 aliphatic heterocycles. The van der Waals surface area contributed by atoms with Gasteiger partial charge in [0.1, 0.15) is 0 Å². The number of hydrogen-bond acceptors (Lipinski definition) is 24. The highest BCUT2D eigenvalue weighted by Gasteiger charge is 2.61. The van der Waals surface area contributed by atoms with Gasteiger partial charge >= 0.3 is 0 Å². The molecule has 0 amide bonds. The first kappa shape index (κ1) is 104. The Labute approximate surface area is 852 Å². The number of aromatic nitrogens is 8. The monoisotopic (exact) mass is 1960 g/mol. The molecule has 2 aromatic carbocycles. The van der Waals surface area contributed by atoms with Crippen LogP contribution < -0.4 is 0 Å². The number of nitrogens with zero attached hydrogens (tertiary/aromatic N) is 8. The van der Waals surface area contributed by atoms with Gasteiger partial charge in [0.05, 0.1) is 227 Å². The molecule has 0 N–H and O–H groups in total. The zero-order chi connectivity index (χ0) is 98.7. The second kappa shape index (κ2) is 49.4. The summed E-state index contributed by atoms with van der Waals surface area (Å²) in [5.41, 5.74) is 25.7. The molecule has 768 valence electrons. The maximum atomic E-state index is 6.26. The standard InChI is InChI=1S/C120H152N8O16/c1-117(2)93-77-97(117)89-39-47-133-55-63-141-71-67-137-59-51-129-43-9-10-44-130-52-60-138-68-72-143-65-57-135-49-41-91-99-79-95(119(99,5)6)87-33-37-111(127-115(87)91)107-29-17-25-103(123-107)83-21-14-22-84(76-83)104-26-18-30-108(124-104)112-38-34-88-96-80-100(120(96,7)8)92(116(88)128-112)42-50-136-58-66-144-74-70-140-62-54-132-46-12-11-45-131-53-61-139-69-73-142-64-56-134-48-40-90-98-78-94(118(98,3)4)86-32-36-110(126-114(86)90)106-28-16-24-102(122-106)82-20-13-19-81(75-82)101-23-15-27-105(121-101)109-35-31-85(93)113(89)125-109/h13-38,75-76,89-100H,9-12,39-74,77-80H2,1-8H3/t89-,90-,91?,92?,93-,94-,95-,96-,97+,98+,99+,100+/m0/s1. The lowest BCUT2D eigenvalue weighted by Crippen LogP contribution is -2.50. The lowest BCUT2D eigenvalue weighted by molar-refractivity contribution is -0.0248. The minimum absolute atomic E-state index is 0.203. The topological polar surface area (TPSA) is 251 Å². The molecule has 23 rings (SSSR count). The van der Waals surface area contributed by atoms with Gasteiger partial charge in [-0.2, -0.15) is 0 Å². The third kappa shape index (κ3) is 24.3. The summed E-state index contributed by atoms with van der Waals surface area (Å²) in [6.45, 7) is 37.1. The maximum Gasteiger partial charge on any atom is 0.0893 e. The van der Waals surface area contributed by atoms with Crippen LogP contribution in [0.1, 0.15) is 225 Å². The van der Waals surface area contributed by atoms with Crippen molar-refractivity contribution in [2.75, 3.05) is 211 Å². The molecule has 0 radical (unpaired) electrons. The van der Waals surface area contributed by atoms with Crippen molar-refractivity contribution in [2.45, 2.75) is 180 Å². The second-order valence-corrected chi connectivity index (χ2v) is 43.1. The van der Waals surface area contributed by atoms with E-state index in [-0.39, 0.29) is 21.7 Å². The molecule has 144 heavy (non-hydrogen) atoms. The van der Waals surface area contributed by atoms with Gasteiger partial charge in [-0.1, -0.05) is 140 Å². The molecule has 9 heterocycles. The highest BCUT2D eigenvalue weighted by molar-refractivity contribution is 5.75. The van der Waals surface area contributed by atoms with Crippen molar-refractivity contribution in [2.24, 2.45) is 45.3 Å². The van der Waals surface area contributed by atoms with Crippen LogP contribution in [0.25, 0.3) is 90.6 Å². The van der Waals surface area contributed by atoms with Crippen molar-refractivity contribution in [1.29, 1.82) is 0 Å². The highest BCUT2D eigenvalue weighted by Crippen LogP contribution is 2.71. The summed E-state index contributed by atoms with van der Waals surface area (Å²) in [5, 5.41) is 0. The van der Waals surface area contributed by atoms with E-state index >= 15 is 0 Å². The van der Waals surface area contributed by atoms with Crippen molar-refractivity contribution in [3.63, 3.8) is 0 Å². The molecule has 12 aliphatic carbocycles. The summed E-state index contributed by atoms with van der Waals surface area (Å²) in [5.74, 6) is 5.30. The minimum atomic E-state index is 0.203. The van der Waals surface area contributed by atoms with Gasteiger partial charge in [0.25, 0.3) is 0 Å². The molecule has 0 saturated heterocycles. The zero-order valence-corrected chi connectivity index (χ0v) is 86.3. The van der Waals surface area contributed by atoms with Crippen LogP contribution in [0.3, 0.4) is 0 Å². The van der Waals surface area contributed by atoms with E-state index in [4.69, 9.17) is 116 Å². The summed E-state index contributed by atoms with van der Waals surface area (Å²) in [6, 6.07) is 60.3. The van der Waals surface area contributed by atoms with E-state index in [0.29, 0.717) is 282 Å². The third-order valence-electron chi connectivity index (χ3n) is 33.4. The van der Waals surface area contributed by atoms with Gasteiger partial charge in [-0.25, -0.2) is 19.9 Å². The molecule has 28 bridgehead atoms. The van der Waals surface area contributed by atoms with Crippen molar-refractivity contribution in [3.8, 4) is 90.6 Å². The third-order valence-corrected chi connectivity index (χ3v) is 33.4. The molecule has 12 atom stereocenters. The van der Waals surface area contributed by atoms with E-state index in [9.17, 15) is 0 Å². The van der Waals surface area contributed by atoms with Crippen molar-refractivity contribution >= 4 is 0 Å². The molecule has 4 fully saturated rings. The van der Waals surface area contributed by atoms with Crippen LogP contribution in [0.5, 0.6) is 0 Å². The zero-order valence-electron chi connectivity index (χ0n) is 86.3. The molecule has 2 unspecified atom stereocenters. The first-order valence-corrected chi connectivity index (χ1v) is 53.9. The first-order valence-electron chi connectivity index (χ1n) is 53.9. The average molecular weight is 1960 g/mol. The number of rotatable bonds is 0. The summed E-state index contributed by atoms with van der Waals surface area (Å²) in [4.78, 5) is 43.1. The number of pyridine rings is 8. The number of hydrogen-bond donors (Lipinski definition) is 0. The normalized spacial score (nSPS) is 26.8. The lowest BCUT2D eigenvalue weighted by atomic mass is 9.44. The van der Waals surface area contributed by atoms with E-state index in [1.807, 2.05) is 0 Å². The van der Waals surface area contributed by atoms with Crippen molar-refractivity contribution in [1.82, 2.24) is 39.9 Å². The molecular weight excluding hydrogens is 1810 g/mol. The van der Waals surface area contributed by atoms with E-state index in [2.05, 4.69) is 225 Å². The minimum Gasteiger partial charge on any atom is -0.379 e. The van der Waals surface area contributed by atoms with Crippen LogP contribution >= 0.6 is 0 Å². The number of fused-ring (bicyclic) bond motifs is 24. The van der Waals surface area contributed by atoms with Crippen LogP contribution in [0.4, 0.5) is 0 Å². The van der Waals surface area contributed by atoms with Crippen LogP contribution in [0.2, 0.25) is 0 Å². The molecule has 24 heteroatoms. The van der Waals surface area contributed by atoms with Gasteiger partial charge in [0.2, 0.25) is 0 Å². The fourth-order valence-electron chi connectivity index (χ4n) is 25.0. The van der Waals surface area contributed by atoms with Gasteiger partial charge in [0, 0.05) is 122 Å². The van der Waals surface area contributed by atoms with Crippen LogP contribution in [0.15, 0.2) is 170 Å². The van der Waals surface area contributed by atoms with E-state index in [0.717, 1.165) is 142 Å². The van der Waals surface area contributed by atoms with Gasteiger partial charge in [-0.05, 0) is 253 Å². The molecule has 24 nitrogen and oxygen atoms in total. The summed E-state index contributed by atoms with van der Waals surface area (Å²) in [7, 11) is 0. The summed E-state index contributed by atoms with van der Waals surface area (Å²) >= 11 is 0. The molecule has 0 spiro atoms. The van der Waals surface area contributed by atoms with Gasteiger partial charge in [0.15, 0.2) is 0 Å². The Morgan fingerprint density at radius 1 is 0.181 bits per heavy atom. The van der Waals surface area contributed by atoms with Crippen LogP contribution in [-0.4, -0.2) is 251 Å². The Hall–Kier alpha value is -9.00. The van der Waals surface area contributed by atoms with Crippen molar-refractivity contribution < 1.29 is 75.8 Å². The van der Waals surface area contributed by atoms with Gasteiger partial charge in [-0.15, -0.1) is 0 Å². The first-order chi connectivity index (χ1) is 70.5. The van der Waals surface area contributed by atoms with E-state index in [1.165, 1.54) is 70.7 Å². The van der Waals surface area contributed by atoms with Crippen LogP contribution in [0, 0.1) is 45.3 Å².